The highest BCUT2D eigenvalue weighted by atomic mass is 16.5. The van der Waals surface area contributed by atoms with Gasteiger partial charge >= 0.3 is 0 Å². The fourth-order valence-corrected chi connectivity index (χ4v) is 3.14. The van der Waals surface area contributed by atoms with Gasteiger partial charge in [0.25, 0.3) is 0 Å². The van der Waals surface area contributed by atoms with Gasteiger partial charge in [0, 0.05) is 31.8 Å². The highest BCUT2D eigenvalue weighted by molar-refractivity contribution is 4.90. The molecule has 0 atom stereocenters. The van der Waals surface area contributed by atoms with Crippen LogP contribution in [-0.2, 0) is 4.74 Å². The predicted octanol–water partition coefficient (Wildman–Crippen LogP) is 0.730. The maximum atomic E-state index is 10.1. The molecule has 100 valence electrons. The molecular formula is C13H26N2O2. The van der Waals surface area contributed by atoms with Crippen molar-refractivity contribution in [2.45, 2.75) is 56.2 Å². The molecule has 2 rings (SSSR count). The Hall–Kier alpha value is -0.160. The zero-order valence-corrected chi connectivity index (χ0v) is 10.9. The lowest BCUT2D eigenvalue weighted by molar-refractivity contribution is -0.0284. The average molecular weight is 242 g/mol. The smallest absolute Gasteiger partial charge is 0.0770 e. The first kappa shape index (κ1) is 13.3. The van der Waals surface area contributed by atoms with Crippen LogP contribution in [0.3, 0.4) is 0 Å². The number of nitrogens with two attached hydrogens (primary N) is 1. The molecule has 2 fully saturated rings. The van der Waals surface area contributed by atoms with Gasteiger partial charge in [0.15, 0.2) is 0 Å². The SMILES string of the molecule is CN(C1CCOCC1)C1CCC(O)(CN)CC1. The van der Waals surface area contributed by atoms with Gasteiger partial charge in [-0.15, -0.1) is 0 Å². The lowest BCUT2D eigenvalue weighted by Crippen LogP contribution is -2.49. The van der Waals surface area contributed by atoms with Gasteiger partial charge in [-0.05, 0) is 45.6 Å². The molecule has 0 radical (unpaired) electrons. The highest BCUT2D eigenvalue weighted by Gasteiger charge is 2.35. The zero-order valence-electron chi connectivity index (χ0n) is 10.9. The summed E-state index contributed by atoms with van der Waals surface area (Å²) in [5, 5.41) is 10.1. The van der Waals surface area contributed by atoms with E-state index in [-0.39, 0.29) is 0 Å². The summed E-state index contributed by atoms with van der Waals surface area (Å²) in [6.07, 6.45) is 6.13. The van der Waals surface area contributed by atoms with Crippen molar-refractivity contribution in [3.63, 3.8) is 0 Å². The molecule has 1 saturated heterocycles. The molecular weight excluding hydrogens is 216 g/mol. The molecule has 2 aliphatic rings. The quantitative estimate of drug-likeness (QED) is 0.766. The van der Waals surface area contributed by atoms with Crippen LogP contribution in [0.25, 0.3) is 0 Å². The summed E-state index contributed by atoms with van der Waals surface area (Å²) in [7, 11) is 2.23. The molecule has 1 aliphatic carbocycles. The van der Waals surface area contributed by atoms with E-state index < -0.39 is 5.60 Å². The van der Waals surface area contributed by atoms with E-state index in [0.717, 1.165) is 51.7 Å². The summed E-state index contributed by atoms with van der Waals surface area (Å²) in [6, 6.07) is 1.28. The Morgan fingerprint density at radius 3 is 2.24 bits per heavy atom. The van der Waals surface area contributed by atoms with Gasteiger partial charge in [0.1, 0.15) is 0 Å². The Morgan fingerprint density at radius 2 is 1.71 bits per heavy atom. The van der Waals surface area contributed by atoms with Gasteiger partial charge in [0.2, 0.25) is 0 Å². The topological polar surface area (TPSA) is 58.7 Å². The van der Waals surface area contributed by atoms with Crippen LogP contribution < -0.4 is 5.73 Å². The van der Waals surface area contributed by atoms with Crippen molar-refractivity contribution < 1.29 is 9.84 Å². The first-order valence-corrected chi connectivity index (χ1v) is 6.87. The number of hydrogen-bond donors (Lipinski definition) is 2. The van der Waals surface area contributed by atoms with Crippen molar-refractivity contribution in [1.29, 1.82) is 0 Å². The van der Waals surface area contributed by atoms with Crippen molar-refractivity contribution in [3.05, 3.63) is 0 Å². The van der Waals surface area contributed by atoms with Gasteiger partial charge in [-0.1, -0.05) is 0 Å². The third-order valence-electron chi connectivity index (χ3n) is 4.61. The molecule has 0 bridgehead atoms. The molecule has 4 nitrogen and oxygen atoms in total. The maximum absolute atomic E-state index is 10.1. The van der Waals surface area contributed by atoms with Crippen LogP contribution in [0.4, 0.5) is 0 Å². The third kappa shape index (κ3) is 3.19. The van der Waals surface area contributed by atoms with E-state index in [9.17, 15) is 5.11 Å². The molecule has 0 amide bonds. The monoisotopic (exact) mass is 242 g/mol. The van der Waals surface area contributed by atoms with E-state index in [2.05, 4.69) is 11.9 Å². The molecule has 0 unspecified atom stereocenters. The highest BCUT2D eigenvalue weighted by Crippen LogP contribution is 2.31. The standard InChI is InChI=1S/C13H26N2O2/c1-15(12-4-8-17-9-5-12)11-2-6-13(16,10-14)7-3-11/h11-12,16H,2-10,14H2,1H3. The Bertz CT molecular complexity index is 234. The van der Waals surface area contributed by atoms with Gasteiger partial charge in [0.05, 0.1) is 5.60 Å². The van der Waals surface area contributed by atoms with Gasteiger partial charge in [-0.25, -0.2) is 0 Å². The Kier molecular flexibility index (Phi) is 4.42. The molecule has 0 aromatic heterocycles. The molecule has 1 heterocycles. The van der Waals surface area contributed by atoms with Crippen LogP contribution >= 0.6 is 0 Å². The van der Waals surface area contributed by atoms with Crippen LogP contribution in [0, 0.1) is 0 Å². The Balaban J connectivity index is 1.83. The molecule has 0 aromatic carbocycles. The van der Waals surface area contributed by atoms with Crippen LogP contribution in [-0.4, -0.2) is 54.5 Å². The summed E-state index contributed by atoms with van der Waals surface area (Å²) in [5.41, 5.74) is 5.03. The minimum atomic E-state index is -0.590. The van der Waals surface area contributed by atoms with E-state index in [0.29, 0.717) is 18.6 Å². The first-order chi connectivity index (χ1) is 8.14. The molecule has 0 spiro atoms. The fourth-order valence-electron chi connectivity index (χ4n) is 3.14. The molecule has 1 aliphatic heterocycles. The Labute approximate surface area is 104 Å². The van der Waals surface area contributed by atoms with Crippen LogP contribution in [0.15, 0.2) is 0 Å². The average Bonchev–Trinajstić information content (AvgIpc) is 2.40. The second-order valence-corrected chi connectivity index (χ2v) is 5.67. The first-order valence-electron chi connectivity index (χ1n) is 6.87. The van der Waals surface area contributed by atoms with E-state index in [1.807, 2.05) is 0 Å². The number of nitrogens with zero attached hydrogens (tertiary/aromatic N) is 1. The van der Waals surface area contributed by atoms with Crippen LogP contribution in [0.1, 0.15) is 38.5 Å². The van der Waals surface area contributed by atoms with E-state index >= 15 is 0 Å². The number of aliphatic hydroxyl groups is 1. The summed E-state index contributed by atoms with van der Waals surface area (Å²) in [5.74, 6) is 0. The molecule has 4 heteroatoms. The normalized spacial score (nSPS) is 36.4. The Morgan fingerprint density at radius 1 is 1.18 bits per heavy atom. The van der Waals surface area contributed by atoms with Crippen LogP contribution in [0.5, 0.6) is 0 Å². The minimum absolute atomic E-state index is 0.403. The minimum Gasteiger partial charge on any atom is -0.389 e. The summed E-state index contributed by atoms with van der Waals surface area (Å²) in [4.78, 5) is 2.51. The summed E-state index contributed by atoms with van der Waals surface area (Å²) < 4.78 is 5.40. The zero-order chi connectivity index (χ0) is 12.3. The van der Waals surface area contributed by atoms with Crippen LogP contribution in [0.2, 0.25) is 0 Å². The van der Waals surface area contributed by atoms with Gasteiger partial charge in [-0.2, -0.15) is 0 Å². The lowest BCUT2D eigenvalue weighted by atomic mass is 9.81. The lowest BCUT2D eigenvalue weighted by Gasteiger charge is -2.42. The van der Waals surface area contributed by atoms with Crippen molar-refractivity contribution in [1.82, 2.24) is 4.90 Å². The van der Waals surface area contributed by atoms with E-state index in [1.165, 1.54) is 0 Å². The van der Waals surface area contributed by atoms with Gasteiger partial charge in [-0.3, -0.25) is 0 Å². The summed E-state index contributed by atoms with van der Waals surface area (Å²) in [6.45, 7) is 2.20. The third-order valence-corrected chi connectivity index (χ3v) is 4.61. The maximum Gasteiger partial charge on any atom is 0.0770 e. The van der Waals surface area contributed by atoms with Crippen molar-refractivity contribution in [2.24, 2.45) is 5.73 Å². The second-order valence-electron chi connectivity index (χ2n) is 5.67. The molecule has 17 heavy (non-hydrogen) atoms. The van der Waals surface area contributed by atoms with Crippen molar-refractivity contribution >= 4 is 0 Å². The van der Waals surface area contributed by atoms with Crippen molar-refractivity contribution in [2.75, 3.05) is 26.8 Å². The number of ether oxygens (including phenoxy) is 1. The largest absolute Gasteiger partial charge is 0.389 e. The molecule has 3 N–H and O–H groups in total. The molecule has 1 saturated carbocycles. The molecule has 0 aromatic rings. The van der Waals surface area contributed by atoms with Crippen molar-refractivity contribution in [3.8, 4) is 0 Å². The summed E-state index contributed by atoms with van der Waals surface area (Å²) >= 11 is 0. The fraction of sp³-hybridized carbons (Fsp3) is 1.00. The predicted molar refractivity (Wildman–Crippen MR) is 67.9 cm³/mol. The number of hydrogen-bond acceptors (Lipinski definition) is 4. The number of rotatable bonds is 3. The van der Waals surface area contributed by atoms with E-state index in [1.54, 1.807) is 0 Å². The van der Waals surface area contributed by atoms with Gasteiger partial charge < -0.3 is 20.5 Å². The second kappa shape index (κ2) is 5.65. The van der Waals surface area contributed by atoms with E-state index in [4.69, 9.17) is 10.5 Å².